The van der Waals surface area contributed by atoms with Crippen LogP contribution in [0.15, 0.2) is 36.0 Å². The third kappa shape index (κ3) is 4.45. The Balaban J connectivity index is 1.99. The summed E-state index contributed by atoms with van der Waals surface area (Å²) in [6.07, 6.45) is 6.99. The minimum absolute atomic E-state index is 0.188. The maximum atomic E-state index is 12.4. The van der Waals surface area contributed by atoms with E-state index in [1.54, 1.807) is 6.92 Å². The largest absolute Gasteiger partial charge is 0.466 e. The van der Waals surface area contributed by atoms with Crippen LogP contribution in [-0.2, 0) is 9.53 Å². The number of ether oxygens (including phenoxy) is 1. The summed E-state index contributed by atoms with van der Waals surface area (Å²) in [4.78, 5) is 23.6. The van der Waals surface area contributed by atoms with Gasteiger partial charge in [-0.05, 0) is 44.0 Å². The Bertz CT molecular complexity index is 554. The molecule has 1 saturated carbocycles. The molecule has 1 fully saturated rings. The van der Waals surface area contributed by atoms with Gasteiger partial charge in [0.2, 0.25) is 0 Å². The van der Waals surface area contributed by atoms with Crippen molar-refractivity contribution in [2.24, 2.45) is 5.92 Å². The van der Waals surface area contributed by atoms with E-state index in [0.29, 0.717) is 5.70 Å². The highest BCUT2D eigenvalue weighted by molar-refractivity contribution is 5.98. The van der Waals surface area contributed by atoms with E-state index in [9.17, 15) is 9.59 Å². The minimum atomic E-state index is -0.394. The van der Waals surface area contributed by atoms with Crippen molar-refractivity contribution in [3.8, 4) is 0 Å². The van der Waals surface area contributed by atoms with Crippen molar-refractivity contribution >= 4 is 17.4 Å². The lowest BCUT2D eigenvalue weighted by atomic mass is 9.84. The predicted octanol–water partition coefficient (Wildman–Crippen LogP) is 3.94. The topological polar surface area (TPSA) is 55.4 Å². The number of rotatable bonds is 5. The van der Waals surface area contributed by atoms with Gasteiger partial charge in [-0.15, -0.1) is 0 Å². The van der Waals surface area contributed by atoms with Crippen LogP contribution in [0.4, 0.5) is 5.69 Å². The Labute approximate surface area is 131 Å². The molecule has 1 aromatic carbocycles. The lowest BCUT2D eigenvalue weighted by Gasteiger charge is -2.20. The zero-order valence-corrected chi connectivity index (χ0v) is 13.2. The van der Waals surface area contributed by atoms with Gasteiger partial charge in [0, 0.05) is 28.9 Å². The number of hydrogen-bond donors (Lipinski definition) is 1. The molecule has 22 heavy (non-hydrogen) atoms. The van der Waals surface area contributed by atoms with Crippen LogP contribution in [0, 0.1) is 5.92 Å². The van der Waals surface area contributed by atoms with Crippen LogP contribution < -0.4 is 5.32 Å². The first kappa shape index (κ1) is 16.3. The van der Waals surface area contributed by atoms with Crippen LogP contribution in [0.5, 0.6) is 0 Å². The normalized spacial score (nSPS) is 16.2. The van der Waals surface area contributed by atoms with Crippen molar-refractivity contribution in [2.45, 2.75) is 39.0 Å². The maximum Gasteiger partial charge on any atom is 0.332 e. The van der Waals surface area contributed by atoms with Crippen molar-refractivity contribution in [1.82, 2.24) is 0 Å². The second-order valence-corrected chi connectivity index (χ2v) is 5.75. The first-order chi connectivity index (χ1) is 10.6. The Morgan fingerprint density at radius 2 is 1.77 bits per heavy atom. The molecule has 1 aliphatic rings. The highest BCUT2D eigenvalue weighted by Crippen LogP contribution is 2.27. The van der Waals surface area contributed by atoms with Crippen molar-refractivity contribution in [3.63, 3.8) is 0 Å². The number of ketones is 1. The second-order valence-electron chi connectivity index (χ2n) is 5.75. The van der Waals surface area contributed by atoms with Gasteiger partial charge in [-0.1, -0.05) is 19.3 Å². The van der Waals surface area contributed by atoms with Gasteiger partial charge in [-0.3, -0.25) is 4.79 Å². The molecule has 0 atom stereocenters. The Morgan fingerprint density at radius 3 is 2.36 bits per heavy atom. The number of carbonyl (C=O) groups excluding carboxylic acids is 2. The Kier molecular flexibility index (Phi) is 5.75. The molecule has 0 unspecified atom stereocenters. The lowest BCUT2D eigenvalue weighted by molar-refractivity contribution is -0.134. The molecule has 0 saturated heterocycles. The fourth-order valence-electron chi connectivity index (χ4n) is 2.82. The summed E-state index contributed by atoms with van der Waals surface area (Å²) in [6, 6.07) is 7.44. The molecule has 1 aromatic rings. The van der Waals surface area contributed by atoms with Gasteiger partial charge in [-0.25, -0.2) is 4.79 Å². The fourth-order valence-corrected chi connectivity index (χ4v) is 2.82. The molecule has 4 heteroatoms. The van der Waals surface area contributed by atoms with E-state index < -0.39 is 5.97 Å². The number of anilines is 1. The zero-order chi connectivity index (χ0) is 15.9. The number of Topliss-reactive ketones (excluding diaryl/α,β-unsaturated/α-hetero) is 1. The van der Waals surface area contributed by atoms with Gasteiger partial charge in [0.15, 0.2) is 5.78 Å². The van der Waals surface area contributed by atoms with E-state index in [2.05, 4.69) is 10.1 Å². The van der Waals surface area contributed by atoms with Crippen molar-refractivity contribution in [2.75, 3.05) is 12.4 Å². The van der Waals surface area contributed by atoms with E-state index in [4.69, 9.17) is 0 Å². The first-order valence-electron chi connectivity index (χ1n) is 7.77. The van der Waals surface area contributed by atoms with Crippen LogP contribution in [0.2, 0.25) is 0 Å². The molecule has 0 aromatic heterocycles. The number of benzene rings is 1. The maximum absolute atomic E-state index is 12.4. The summed E-state index contributed by atoms with van der Waals surface area (Å²) in [5.41, 5.74) is 2.31. The molecule has 1 aliphatic carbocycles. The number of allylic oxidation sites excluding steroid dienone is 1. The van der Waals surface area contributed by atoms with Gasteiger partial charge in [-0.2, -0.15) is 0 Å². The summed E-state index contributed by atoms with van der Waals surface area (Å²) < 4.78 is 4.58. The zero-order valence-electron chi connectivity index (χ0n) is 13.2. The molecule has 0 heterocycles. The summed E-state index contributed by atoms with van der Waals surface area (Å²) >= 11 is 0. The summed E-state index contributed by atoms with van der Waals surface area (Å²) in [5, 5.41) is 3.10. The van der Waals surface area contributed by atoms with Crippen LogP contribution in [0.3, 0.4) is 0 Å². The minimum Gasteiger partial charge on any atom is -0.466 e. The molecule has 1 N–H and O–H groups in total. The smallest absolute Gasteiger partial charge is 0.332 e. The standard InChI is InChI=1S/C18H23NO3/c1-13(12-17(20)22-2)19-16-10-8-15(9-11-16)18(21)14-6-4-3-5-7-14/h8-12,14,19H,3-7H2,1-2H3. The van der Waals surface area contributed by atoms with Crippen molar-refractivity contribution < 1.29 is 14.3 Å². The molecule has 0 amide bonds. The number of carbonyl (C=O) groups is 2. The van der Waals surface area contributed by atoms with E-state index >= 15 is 0 Å². The van der Waals surface area contributed by atoms with E-state index in [1.165, 1.54) is 19.6 Å². The van der Waals surface area contributed by atoms with E-state index in [-0.39, 0.29) is 11.7 Å². The van der Waals surface area contributed by atoms with E-state index in [1.807, 2.05) is 24.3 Å². The molecule has 0 radical (unpaired) electrons. The van der Waals surface area contributed by atoms with Crippen molar-refractivity contribution in [3.05, 3.63) is 41.6 Å². The molecular formula is C18H23NO3. The average Bonchev–Trinajstić information content (AvgIpc) is 2.55. The van der Waals surface area contributed by atoms with Gasteiger partial charge < -0.3 is 10.1 Å². The van der Waals surface area contributed by atoms with Crippen LogP contribution in [-0.4, -0.2) is 18.9 Å². The van der Waals surface area contributed by atoms with Gasteiger partial charge in [0.25, 0.3) is 0 Å². The molecule has 118 valence electrons. The number of nitrogens with one attached hydrogen (secondary N) is 1. The van der Waals surface area contributed by atoms with Gasteiger partial charge in [0.05, 0.1) is 7.11 Å². The summed E-state index contributed by atoms with van der Waals surface area (Å²) in [7, 11) is 1.35. The van der Waals surface area contributed by atoms with Crippen molar-refractivity contribution in [1.29, 1.82) is 0 Å². The second kappa shape index (κ2) is 7.78. The molecule has 4 nitrogen and oxygen atoms in total. The van der Waals surface area contributed by atoms with Gasteiger partial charge in [0.1, 0.15) is 0 Å². The SMILES string of the molecule is COC(=O)C=C(C)Nc1ccc(C(=O)C2CCCCC2)cc1. The Hall–Kier alpha value is -2.10. The third-order valence-corrected chi connectivity index (χ3v) is 4.02. The predicted molar refractivity (Wildman–Crippen MR) is 86.7 cm³/mol. The fraction of sp³-hybridized carbons (Fsp3) is 0.444. The lowest BCUT2D eigenvalue weighted by Crippen LogP contribution is -2.17. The summed E-state index contributed by atoms with van der Waals surface area (Å²) in [6.45, 7) is 1.79. The third-order valence-electron chi connectivity index (χ3n) is 4.02. The summed E-state index contributed by atoms with van der Waals surface area (Å²) in [5.74, 6) is 0.0516. The molecule has 0 spiro atoms. The number of methoxy groups -OCH3 is 1. The van der Waals surface area contributed by atoms with Crippen LogP contribution in [0.25, 0.3) is 0 Å². The molecule has 0 bridgehead atoms. The Morgan fingerprint density at radius 1 is 1.14 bits per heavy atom. The average molecular weight is 301 g/mol. The highest BCUT2D eigenvalue weighted by atomic mass is 16.5. The van der Waals surface area contributed by atoms with Crippen LogP contribution in [0.1, 0.15) is 49.4 Å². The van der Waals surface area contributed by atoms with E-state index in [0.717, 1.165) is 36.9 Å². The molecule has 2 rings (SSSR count). The molecular weight excluding hydrogens is 278 g/mol. The highest BCUT2D eigenvalue weighted by Gasteiger charge is 2.22. The first-order valence-corrected chi connectivity index (χ1v) is 7.77. The quantitative estimate of drug-likeness (QED) is 0.508. The monoisotopic (exact) mass is 301 g/mol. The molecule has 0 aliphatic heterocycles. The van der Waals surface area contributed by atoms with Gasteiger partial charge >= 0.3 is 5.97 Å². The van der Waals surface area contributed by atoms with Crippen LogP contribution >= 0.6 is 0 Å². The number of hydrogen-bond acceptors (Lipinski definition) is 4. The number of esters is 1.